The first-order chi connectivity index (χ1) is 8.11. The third-order valence-corrected chi connectivity index (χ3v) is 3.72. The number of carbonyl (C=O) groups is 1. The summed E-state index contributed by atoms with van der Waals surface area (Å²) in [6.07, 6.45) is 0.739. The molecule has 0 unspecified atom stereocenters. The molecule has 0 saturated heterocycles. The smallest absolute Gasteiger partial charge is 0.195 e. The molecule has 0 aliphatic rings. The van der Waals surface area contributed by atoms with Gasteiger partial charge in [0.05, 0.1) is 5.02 Å². The van der Waals surface area contributed by atoms with Gasteiger partial charge in [-0.1, -0.05) is 11.6 Å². The molecule has 0 amide bonds. The van der Waals surface area contributed by atoms with E-state index in [1.807, 2.05) is 24.6 Å². The van der Waals surface area contributed by atoms with E-state index in [1.54, 1.807) is 12.1 Å². The van der Waals surface area contributed by atoms with Crippen molar-refractivity contribution in [1.82, 2.24) is 14.8 Å². The van der Waals surface area contributed by atoms with Crippen LogP contribution in [0.5, 0.6) is 0 Å². The minimum Gasteiger partial charge on any atom is -0.309 e. The Bertz CT molecular complexity index is 568. The molecular weight excluding hydrogens is 258 g/mol. The van der Waals surface area contributed by atoms with Crippen LogP contribution in [0.4, 0.5) is 0 Å². The lowest BCUT2D eigenvalue weighted by Gasteiger charge is -2.03. The number of nitrogens with zero attached hydrogens (tertiary/aromatic N) is 3. The second-order valence-corrected chi connectivity index (χ2v) is 4.94. The molecule has 1 heterocycles. The number of halogens is 1. The predicted octanol–water partition coefficient (Wildman–Crippen LogP) is 2.74. The quantitative estimate of drug-likeness (QED) is 0.803. The summed E-state index contributed by atoms with van der Waals surface area (Å²) in [4.78, 5) is 11.6. The highest BCUT2D eigenvalue weighted by molar-refractivity contribution is 7.99. The molecule has 17 heavy (non-hydrogen) atoms. The molecular formula is C11H10ClN3OS. The fourth-order valence-corrected chi connectivity index (χ4v) is 2.41. The molecule has 88 valence electrons. The van der Waals surface area contributed by atoms with Crippen LogP contribution < -0.4 is 0 Å². The molecule has 0 spiro atoms. The van der Waals surface area contributed by atoms with Gasteiger partial charge in [-0.3, -0.25) is 4.79 Å². The lowest BCUT2D eigenvalue weighted by molar-refractivity contribution is 0.112. The maximum atomic E-state index is 10.6. The fourth-order valence-electron chi connectivity index (χ4n) is 1.25. The second kappa shape index (κ2) is 4.89. The van der Waals surface area contributed by atoms with Crippen LogP contribution in [0.3, 0.4) is 0 Å². The number of carbonyl (C=O) groups excluding carboxylic acids is 1. The highest BCUT2D eigenvalue weighted by atomic mass is 35.5. The third-order valence-electron chi connectivity index (χ3n) is 2.36. The molecule has 0 aliphatic heterocycles. The number of aromatic nitrogens is 3. The maximum Gasteiger partial charge on any atom is 0.195 e. The average molecular weight is 268 g/mol. The monoisotopic (exact) mass is 267 g/mol. The van der Waals surface area contributed by atoms with E-state index in [0.29, 0.717) is 10.6 Å². The standard InChI is InChI=1S/C11H10ClN3OS/c1-7-13-14-11(15(7)2)17-9-4-3-8(6-16)10(12)5-9/h3-6H,1-2H3. The predicted molar refractivity (Wildman–Crippen MR) is 66.7 cm³/mol. The highest BCUT2D eigenvalue weighted by Crippen LogP contribution is 2.29. The Morgan fingerprint density at radius 3 is 2.71 bits per heavy atom. The first-order valence-electron chi connectivity index (χ1n) is 4.90. The van der Waals surface area contributed by atoms with E-state index in [4.69, 9.17) is 11.6 Å². The zero-order valence-electron chi connectivity index (χ0n) is 9.35. The minimum atomic E-state index is 0.448. The summed E-state index contributed by atoms with van der Waals surface area (Å²) in [7, 11) is 1.90. The van der Waals surface area contributed by atoms with Gasteiger partial charge >= 0.3 is 0 Å². The molecule has 0 saturated carbocycles. The van der Waals surface area contributed by atoms with E-state index in [0.717, 1.165) is 22.2 Å². The summed E-state index contributed by atoms with van der Waals surface area (Å²) in [5, 5.41) is 9.25. The molecule has 0 aliphatic carbocycles. The molecule has 6 heteroatoms. The summed E-state index contributed by atoms with van der Waals surface area (Å²) in [6.45, 7) is 1.89. The normalized spacial score (nSPS) is 10.5. The van der Waals surface area contributed by atoms with Crippen molar-refractivity contribution in [2.75, 3.05) is 0 Å². The van der Waals surface area contributed by atoms with E-state index in [2.05, 4.69) is 10.2 Å². The maximum absolute atomic E-state index is 10.6. The van der Waals surface area contributed by atoms with Crippen LogP contribution in [0.25, 0.3) is 0 Å². The van der Waals surface area contributed by atoms with Crippen LogP contribution in [0.2, 0.25) is 5.02 Å². The third kappa shape index (κ3) is 2.50. The van der Waals surface area contributed by atoms with Gasteiger partial charge in [-0.25, -0.2) is 0 Å². The number of aryl methyl sites for hydroxylation is 1. The van der Waals surface area contributed by atoms with E-state index in [1.165, 1.54) is 11.8 Å². The Morgan fingerprint density at radius 1 is 1.41 bits per heavy atom. The zero-order chi connectivity index (χ0) is 12.4. The lowest BCUT2D eigenvalue weighted by Crippen LogP contribution is -1.93. The van der Waals surface area contributed by atoms with Crippen molar-refractivity contribution in [3.05, 3.63) is 34.6 Å². The Morgan fingerprint density at radius 2 is 2.18 bits per heavy atom. The molecule has 0 atom stereocenters. The van der Waals surface area contributed by atoms with Gasteiger partial charge in [0.1, 0.15) is 5.82 Å². The van der Waals surface area contributed by atoms with E-state index < -0.39 is 0 Å². The molecule has 0 fully saturated rings. The van der Waals surface area contributed by atoms with Crippen LogP contribution in [-0.4, -0.2) is 21.1 Å². The van der Waals surface area contributed by atoms with Gasteiger partial charge in [0.25, 0.3) is 0 Å². The molecule has 1 aromatic heterocycles. The van der Waals surface area contributed by atoms with Crippen LogP contribution in [-0.2, 0) is 7.05 Å². The summed E-state index contributed by atoms with van der Waals surface area (Å²) in [5.41, 5.74) is 0.491. The Labute approximate surface area is 108 Å². The second-order valence-electron chi connectivity index (χ2n) is 3.49. The average Bonchev–Trinajstić information content (AvgIpc) is 2.61. The molecule has 2 rings (SSSR count). The van der Waals surface area contributed by atoms with Crippen LogP contribution in [0.15, 0.2) is 28.3 Å². The molecule has 0 radical (unpaired) electrons. The van der Waals surface area contributed by atoms with Crippen molar-refractivity contribution in [3.8, 4) is 0 Å². The minimum absolute atomic E-state index is 0.448. The Hall–Kier alpha value is -1.33. The number of rotatable bonds is 3. The van der Waals surface area contributed by atoms with Crippen molar-refractivity contribution in [1.29, 1.82) is 0 Å². The summed E-state index contributed by atoms with van der Waals surface area (Å²) in [5.74, 6) is 0.850. The first kappa shape index (κ1) is 12.1. The fraction of sp³-hybridized carbons (Fsp3) is 0.182. The van der Waals surface area contributed by atoms with Crippen LogP contribution >= 0.6 is 23.4 Å². The Balaban J connectivity index is 2.28. The summed E-state index contributed by atoms with van der Waals surface area (Å²) in [6, 6.07) is 5.28. The highest BCUT2D eigenvalue weighted by Gasteiger charge is 2.08. The molecule has 0 bridgehead atoms. The number of benzene rings is 1. The van der Waals surface area contributed by atoms with Gasteiger partial charge in [0.15, 0.2) is 11.4 Å². The molecule has 1 aromatic carbocycles. The van der Waals surface area contributed by atoms with Crippen molar-refractivity contribution >= 4 is 29.6 Å². The zero-order valence-corrected chi connectivity index (χ0v) is 10.9. The van der Waals surface area contributed by atoms with Gasteiger partial charge in [0.2, 0.25) is 0 Å². The Kier molecular flexibility index (Phi) is 3.49. The number of aldehydes is 1. The van der Waals surface area contributed by atoms with E-state index in [-0.39, 0.29) is 0 Å². The molecule has 0 N–H and O–H groups in total. The lowest BCUT2D eigenvalue weighted by atomic mass is 10.2. The van der Waals surface area contributed by atoms with E-state index in [9.17, 15) is 4.79 Å². The summed E-state index contributed by atoms with van der Waals surface area (Å²) < 4.78 is 1.90. The van der Waals surface area contributed by atoms with Crippen molar-refractivity contribution < 1.29 is 4.79 Å². The van der Waals surface area contributed by atoms with Crippen LogP contribution in [0.1, 0.15) is 16.2 Å². The SMILES string of the molecule is Cc1nnc(Sc2ccc(C=O)c(Cl)c2)n1C. The van der Waals surface area contributed by atoms with Crippen molar-refractivity contribution in [3.63, 3.8) is 0 Å². The topological polar surface area (TPSA) is 47.8 Å². The van der Waals surface area contributed by atoms with Gasteiger partial charge in [0, 0.05) is 17.5 Å². The molecule has 2 aromatic rings. The van der Waals surface area contributed by atoms with E-state index >= 15 is 0 Å². The van der Waals surface area contributed by atoms with Crippen LogP contribution in [0, 0.1) is 6.92 Å². The van der Waals surface area contributed by atoms with Gasteiger partial charge in [-0.2, -0.15) is 0 Å². The van der Waals surface area contributed by atoms with Crippen molar-refractivity contribution in [2.24, 2.45) is 7.05 Å². The van der Waals surface area contributed by atoms with Gasteiger partial charge < -0.3 is 4.57 Å². The van der Waals surface area contributed by atoms with Gasteiger partial charge in [-0.05, 0) is 36.9 Å². The first-order valence-corrected chi connectivity index (χ1v) is 6.10. The van der Waals surface area contributed by atoms with Crippen molar-refractivity contribution in [2.45, 2.75) is 17.0 Å². The van der Waals surface area contributed by atoms with Gasteiger partial charge in [-0.15, -0.1) is 10.2 Å². The summed E-state index contributed by atoms with van der Waals surface area (Å²) >= 11 is 7.41. The number of hydrogen-bond acceptors (Lipinski definition) is 4. The number of hydrogen-bond donors (Lipinski definition) is 0. The largest absolute Gasteiger partial charge is 0.309 e. The molecule has 4 nitrogen and oxygen atoms in total.